The van der Waals surface area contributed by atoms with Crippen LogP contribution in [0.15, 0.2) is 54.6 Å². The number of para-hydroxylation sites is 1. The van der Waals surface area contributed by atoms with Gasteiger partial charge in [0.1, 0.15) is 11.3 Å². The van der Waals surface area contributed by atoms with Gasteiger partial charge in [0, 0.05) is 0 Å². The van der Waals surface area contributed by atoms with E-state index in [9.17, 15) is 9.59 Å². The van der Waals surface area contributed by atoms with E-state index in [4.69, 9.17) is 4.74 Å². The van der Waals surface area contributed by atoms with Crippen LogP contribution in [-0.2, 0) is 16.0 Å². The van der Waals surface area contributed by atoms with E-state index >= 15 is 0 Å². The maximum atomic E-state index is 11.9. The zero-order valence-corrected chi connectivity index (χ0v) is 11.0. The Morgan fingerprint density at radius 1 is 0.950 bits per heavy atom. The molecule has 0 saturated heterocycles. The molecule has 0 unspecified atom stereocenters. The Morgan fingerprint density at radius 2 is 1.60 bits per heavy atom. The predicted octanol–water partition coefficient (Wildman–Crippen LogP) is 2.62. The lowest BCUT2D eigenvalue weighted by Crippen LogP contribution is -2.14. The molecule has 20 heavy (non-hydrogen) atoms. The zero-order valence-electron chi connectivity index (χ0n) is 11.0. The van der Waals surface area contributed by atoms with Crippen molar-refractivity contribution in [2.24, 2.45) is 0 Å². The van der Waals surface area contributed by atoms with Crippen molar-refractivity contribution in [3.05, 3.63) is 65.7 Å². The van der Waals surface area contributed by atoms with Gasteiger partial charge in [-0.2, -0.15) is 0 Å². The third kappa shape index (κ3) is 3.45. The van der Waals surface area contributed by atoms with E-state index in [-0.39, 0.29) is 17.7 Å². The van der Waals surface area contributed by atoms with Gasteiger partial charge in [-0.1, -0.05) is 42.5 Å². The Hall–Kier alpha value is -2.62. The molecule has 4 heteroatoms. The molecule has 2 aromatic rings. The van der Waals surface area contributed by atoms with Gasteiger partial charge in [-0.15, -0.1) is 0 Å². The van der Waals surface area contributed by atoms with Gasteiger partial charge < -0.3 is 9.47 Å². The molecule has 0 spiro atoms. The summed E-state index contributed by atoms with van der Waals surface area (Å²) in [6.07, 6.45) is 0.149. The summed E-state index contributed by atoms with van der Waals surface area (Å²) >= 11 is 0. The summed E-state index contributed by atoms with van der Waals surface area (Å²) in [6, 6.07) is 15.8. The summed E-state index contributed by atoms with van der Waals surface area (Å²) in [5.41, 5.74) is 1.09. The summed E-state index contributed by atoms with van der Waals surface area (Å²) in [7, 11) is 1.28. The van der Waals surface area contributed by atoms with Crippen molar-refractivity contribution < 1.29 is 19.1 Å². The van der Waals surface area contributed by atoms with E-state index < -0.39 is 11.9 Å². The number of methoxy groups -OCH3 is 1. The molecule has 102 valence electrons. The second-order valence-electron chi connectivity index (χ2n) is 4.12. The van der Waals surface area contributed by atoms with Crippen molar-refractivity contribution in [1.82, 2.24) is 0 Å². The standard InChI is InChI=1S/C16H14O4/c1-19-16(18)13-9-5-6-10-14(13)20-15(17)11-12-7-3-2-4-8-12/h2-10H,11H2,1H3. The maximum Gasteiger partial charge on any atom is 0.341 e. The average Bonchev–Trinajstić information content (AvgIpc) is 2.48. The first kappa shape index (κ1) is 13.8. The molecule has 0 saturated carbocycles. The molecule has 0 fully saturated rings. The van der Waals surface area contributed by atoms with E-state index in [0.717, 1.165) is 5.56 Å². The number of rotatable bonds is 4. The Morgan fingerprint density at radius 3 is 2.30 bits per heavy atom. The number of benzene rings is 2. The second-order valence-corrected chi connectivity index (χ2v) is 4.12. The Kier molecular flexibility index (Phi) is 4.50. The van der Waals surface area contributed by atoms with E-state index in [1.807, 2.05) is 30.3 Å². The zero-order chi connectivity index (χ0) is 14.4. The van der Waals surface area contributed by atoms with Gasteiger partial charge in [0.2, 0.25) is 0 Å². The predicted molar refractivity (Wildman–Crippen MR) is 73.6 cm³/mol. The van der Waals surface area contributed by atoms with Crippen molar-refractivity contribution in [1.29, 1.82) is 0 Å². The average molecular weight is 270 g/mol. The summed E-state index contributed by atoms with van der Waals surface area (Å²) in [4.78, 5) is 23.4. The van der Waals surface area contributed by atoms with Crippen molar-refractivity contribution in [2.75, 3.05) is 7.11 Å². The molecule has 0 heterocycles. The molecule has 0 N–H and O–H groups in total. The van der Waals surface area contributed by atoms with E-state index in [0.29, 0.717) is 0 Å². The van der Waals surface area contributed by atoms with Gasteiger partial charge in [-0.05, 0) is 17.7 Å². The molecular formula is C16H14O4. The number of ether oxygens (including phenoxy) is 2. The number of carbonyl (C=O) groups is 2. The highest BCUT2D eigenvalue weighted by atomic mass is 16.5. The smallest absolute Gasteiger partial charge is 0.341 e. The minimum absolute atomic E-state index is 0.149. The number of hydrogen-bond acceptors (Lipinski definition) is 4. The molecule has 2 aromatic carbocycles. The summed E-state index contributed by atoms with van der Waals surface area (Å²) in [5, 5.41) is 0. The lowest BCUT2D eigenvalue weighted by Gasteiger charge is -2.08. The van der Waals surface area contributed by atoms with Crippen LogP contribution in [-0.4, -0.2) is 19.0 Å². The van der Waals surface area contributed by atoms with Gasteiger partial charge in [-0.25, -0.2) is 4.79 Å². The Bertz CT molecular complexity index is 605. The fourth-order valence-electron chi connectivity index (χ4n) is 1.76. The molecule has 0 atom stereocenters. The molecule has 0 amide bonds. The first-order chi connectivity index (χ1) is 9.70. The van der Waals surface area contributed by atoms with Gasteiger partial charge >= 0.3 is 11.9 Å². The van der Waals surface area contributed by atoms with Crippen LogP contribution in [0.4, 0.5) is 0 Å². The molecular weight excluding hydrogens is 256 g/mol. The van der Waals surface area contributed by atoms with E-state index in [2.05, 4.69) is 4.74 Å². The van der Waals surface area contributed by atoms with Crippen LogP contribution in [0.3, 0.4) is 0 Å². The van der Waals surface area contributed by atoms with Crippen molar-refractivity contribution in [3.63, 3.8) is 0 Å². The van der Waals surface area contributed by atoms with Gasteiger partial charge in [0.15, 0.2) is 0 Å². The number of carbonyl (C=O) groups excluding carboxylic acids is 2. The summed E-state index contributed by atoms with van der Waals surface area (Å²) < 4.78 is 9.88. The first-order valence-corrected chi connectivity index (χ1v) is 6.12. The second kappa shape index (κ2) is 6.52. The quantitative estimate of drug-likeness (QED) is 0.633. The fraction of sp³-hybridized carbons (Fsp3) is 0.125. The van der Waals surface area contributed by atoms with Crippen LogP contribution >= 0.6 is 0 Å². The van der Waals surface area contributed by atoms with Crippen molar-refractivity contribution in [2.45, 2.75) is 6.42 Å². The topological polar surface area (TPSA) is 52.6 Å². The lowest BCUT2D eigenvalue weighted by atomic mass is 10.1. The van der Waals surface area contributed by atoms with Crippen LogP contribution in [0.1, 0.15) is 15.9 Å². The monoisotopic (exact) mass is 270 g/mol. The van der Waals surface area contributed by atoms with Crippen LogP contribution in [0.2, 0.25) is 0 Å². The Balaban J connectivity index is 2.10. The van der Waals surface area contributed by atoms with Crippen molar-refractivity contribution in [3.8, 4) is 5.75 Å². The number of esters is 2. The lowest BCUT2D eigenvalue weighted by molar-refractivity contribution is -0.133. The van der Waals surface area contributed by atoms with E-state index in [1.54, 1.807) is 24.3 Å². The molecule has 0 aromatic heterocycles. The molecule has 0 aliphatic heterocycles. The van der Waals surface area contributed by atoms with Gasteiger partial charge in [-0.3, -0.25) is 4.79 Å². The van der Waals surface area contributed by atoms with Crippen LogP contribution < -0.4 is 4.74 Å². The number of hydrogen-bond donors (Lipinski definition) is 0. The van der Waals surface area contributed by atoms with Crippen LogP contribution in [0.5, 0.6) is 5.75 Å². The van der Waals surface area contributed by atoms with Crippen molar-refractivity contribution >= 4 is 11.9 Å². The fourth-order valence-corrected chi connectivity index (χ4v) is 1.76. The molecule has 0 bridgehead atoms. The normalized spacial score (nSPS) is 9.85. The summed E-state index contributed by atoms with van der Waals surface area (Å²) in [6.45, 7) is 0. The first-order valence-electron chi connectivity index (χ1n) is 6.12. The third-order valence-corrected chi connectivity index (χ3v) is 2.71. The van der Waals surface area contributed by atoms with Crippen LogP contribution in [0.25, 0.3) is 0 Å². The highest BCUT2D eigenvalue weighted by molar-refractivity contribution is 5.93. The van der Waals surface area contributed by atoms with E-state index in [1.165, 1.54) is 7.11 Å². The molecule has 2 rings (SSSR count). The Labute approximate surface area is 116 Å². The van der Waals surface area contributed by atoms with Crippen LogP contribution in [0, 0.1) is 0 Å². The highest BCUT2D eigenvalue weighted by Crippen LogP contribution is 2.19. The molecule has 4 nitrogen and oxygen atoms in total. The molecule has 0 aliphatic rings. The highest BCUT2D eigenvalue weighted by Gasteiger charge is 2.15. The largest absolute Gasteiger partial charge is 0.465 e. The molecule has 0 radical (unpaired) electrons. The SMILES string of the molecule is COC(=O)c1ccccc1OC(=O)Cc1ccccc1. The minimum Gasteiger partial charge on any atom is -0.465 e. The van der Waals surface area contributed by atoms with Gasteiger partial charge in [0.25, 0.3) is 0 Å². The summed E-state index contributed by atoms with van der Waals surface area (Å²) in [5.74, 6) is -0.749. The molecule has 0 aliphatic carbocycles. The van der Waals surface area contributed by atoms with Gasteiger partial charge in [0.05, 0.1) is 13.5 Å². The minimum atomic E-state index is -0.534. The maximum absolute atomic E-state index is 11.9. The third-order valence-electron chi connectivity index (χ3n) is 2.71.